The van der Waals surface area contributed by atoms with E-state index < -0.39 is 11.7 Å². The third kappa shape index (κ3) is 4.58. The van der Waals surface area contributed by atoms with Gasteiger partial charge in [0.25, 0.3) is 0 Å². The summed E-state index contributed by atoms with van der Waals surface area (Å²) in [6, 6.07) is 11.3. The topological polar surface area (TPSA) is 37.3 Å². The van der Waals surface area contributed by atoms with Crippen LogP contribution in [0.3, 0.4) is 0 Å². The molecule has 2 aromatic carbocycles. The number of para-hydroxylation sites is 1. The van der Waals surface area contributed by atoms with Gasteiger partial charge < -0.3 is 5.32 Å². The molecule has 6 heteroatoms. The summed E-state index contributed by atoms with van der Waals surface area (Å²) >= 11 is 0. The molecular formula is C25H22F3N3. The van der Waals surface area contributed by atoms with Gasteiger partial charge in [-0.1, -0.05) is 43.0 Å². The Morgan fingerprint density at radius 2 is 1.87 bits per heavy atom. The highest BCUT2D eigenvalue weighted by atomic mass is 19.4. The molecule has 3 nitrogen and oxygen atoms in total. The number of nitrogens with one attached hydrogen (secondary N) is 1. The van der Waals surface area contributed by atoms with E-state index in [1.54, 1.807) is 50.4 Å². The van der Waals surface area contributed by atoms with E-state index in [2.05, 4.69) is 28.6 Å². The van der Waals surface area contributed by atoms with Crippen LogP contribution in [0.25, 0.3) is 16.5 Å². The van der Waals surface area contributed by atoms with Crippen LogP contribution in [0.15, 0.2) is 84.0 Å². The van der Waals surface area contributed by atoms with Crippen molar-refractivity contribution in [3.05, 3.63) is 90.2 Å². The first-order valence-corrected chi connectivity index (χ1v) is 9.59. The monoisotopic (exact) mass is 421 g/mol. The number of alkyl halides is 3. The summed E-state index contributed by atoms with van der Waals surface area (Å²) < 4.78 is 41.3. The number of pyridine rings is 1. The number of fused-ring (bicyclic) bond motifs is 1. The third-order valence-corrected chi connectivity index (χ3v) is 4.85. The SMILES string of the molecule is C=C/C(C)=C(\C=C/C)c1cc(C(F)(F)F)cc(Nc2cccc3cccnc23)c1N=C. The molecule has 1 heterocycles. The minimum Gasteiger partial charge on any atom is -0.352 e. The predicted molar refractivity (Wildman–Crippen MR) is 123 cm³/mol. The maximum absolute atomic E-state index is 13.8. The molecule has 3 aromatic rings. The van der Waals surface area contributed by atoms with Crippen molar-refractivity contribution < 1.29 is 13.2 Å². The molecular weight excluding hydrogens is 399 g/mol. The van der Waals surface area contributed by atoms with Crippen LogP contribution >= 0.6 is 0 Å². The number of nitrogens with zero attached hydrogens (tertiary/aromatic N) is 2. The fraction of sp³-hybridized carbons (Fsp3) is 0.120. The Morgan fingerprint density at radius 1 is 1.13 bits per heavy atom. The number of benzene rings is 2. The second-order valence-electron chi connectivity index (χ2n) is 6.88. The molecule has 1 aromatic heterocycles. The highest BCUT2D eigenvalue weighted by Gasteiger charge is 2.32. The highest BCUT2D eigenvalue weighted by molar-refractivity contribution is 5.96. The van der Waals surface area contributed by atoms with E-state index >= 15 is 0 Å². The molecule has 0 saturated carbocycles. The minimum atomic E-state index is -4.54. The summed E-state index contributed by atoms with van der Waals surface area (Å²) in [6.45, 7) is 11.0. The molecule has 3 rings (SSSR count). The van der Waals surface area contributed by atoms with Gasteiger partial charge in [-0.05, 0) is 56.0 Å². The van der Waals surface area contributed by atoms with E-state index in [1.807, 2.05) is 18.2 Å². The van der Waals surface area contributed by atoms with Crippen molar-refractivity contribution in [2.45, 2.75) is 20.0 Å². The van der Waals surface area contributed by atoms with Gasteiger partial charge in [0.2, 0.25) is 0 Å². The lowest BCUT2D eigenvalue weighted by Gasteiger charge is -2.19. The lowest BCUT2D eigenvalue weighted by atomic mass is 9.95. The number of aliphatic imine (C=N–C) groups is 1. The first-order valence-electron chi connectivity index (χ1n) is 9.59. The number of halogens is 3. The zero-order chi connectivity index (χ0) is 22.6. The number of hydrogen-bond acceptors (Lipinski definition) is 3. The van der Waals surface area contributed by atoms with Gasteiger partial charge in [0.1, 0.15) is 0 Å². The molecule has 0 aliphatic rings. The third-order valence-electron chi connectivity index (χ3n) is 4.85. The van der Waals surface area contributed by atoms with Crippen LogP contribution in [0.4, 0.5) is 30.2 Å². The molecule has 0 aliphatic heterocycles. The fourth-order valence-corrected chi connectivity index (χ4v) is 3.33. The van der Waals surface area contributed by atoms with Crippen molar-refractivity contribution in [1.29, 1.82) is 0 Å². The van der Waals surface area contributed by atoms with Gasteiger partial charge in [-0.25, -0.2) is 0 Å². The molecule has 0 atom stereocenters. The second kappa shape index (κ2) is 9.00. The lowest BCUT2D eigenvalue weighted by Crippen LogP contribution is -2.07. The number of rotatable bonds is 6. The summed E-state index contributed by atoms with van der Waals surface area (Å²) in [5, 5.41) is 3.97. The normalized spacial score (nSPS) is 12.7. The molecule has 158 valence electrons. The summed E-state index contributed by atoms with van der Waals surface area (Å²) in [6.07, 6.45) is 2.20. The Hall–Kier alpha value is -3.67. The predicted octanol–water partition coefficient (Wildman–Crippen LogP) is 7.86. The molecule has 31 heavy (non-hydrogen) atoms. The van der Waals surface area contributed by atoms with Gasteiger partial charge in [0, 0.05) is 17.1 Å². The number of anilines is 2. The van der Waals surface area contributed by atoms with Gasteiger partial charge in [-0.2, -0.15) is 13.2 Å². The quantitative estimate of drug-likeness (QED) is 0.325. The molecule has 1 N–H and O–H groups in total. The molecule has 0 radical (unpaired) electrons. The lowest BCUT2D eigenvalue weighted by molar-refractivity contribution is -0.137. The Balaban J connectivity index is 2.31. The van der Waals surface area contributed by atoms with Crippen LogP contribution in [0.5, 0.6) is 0 Å². The van der Waals surface area contributed by atoms with E-state index in [9.17, 15) is 13.2 Å². The van der Waals surface area contributed by atoms with Crippen molar-refractivity contribution in [2.24, 2.45) is 4.99 Å². The van der Waals surface area contributed by atoms with E-state index in [-0.39, 0.29) is 5.69 Å². The average Bonchev–Trinajstić information content (AvgIpc) is 2.76. The molecule has 0 unspecified atom stereocenters. The maximum atomic E-state index is 13.8. The Kier molecular flexibility index (Phi) is 6.39. The van der Waals surface area contributed by atoms with Gasteiger partial charge in [-0.3, -0.25) is 9.98 Å². The average molecular weight is 421 g/mol. The summed E-state index contributed by atoms with van der Waals surface area (Å²) in [5.41, 5.74) is 2.56. The Bertz CT molecular complexity index is 1200. The molecule has 0 spiro atoms. The second-order valence-corrected chi connectivity index (χ2v) is 6.88. The molecule has 0 amide bonds. The van der Waals surface area contributed by atoms with Crippen LogP contribution in [0, 0.1) is 0 Å². The maximum Gasteiger partial charge on any atom is 0.416 e. The molecule has 0 saturated heterocycles. The summed E-state index contributed by atoms with van der Waals surface area (Å²) in [5.74, 6) is 0. The first kappa shape index (κ1) is 22.0. The Morgan fingerprint density at radius 3 is 2.52 bits per heavy atom. The van der Waals surface area contributed by atoms with Crippen LogP contribution in [-0.2, 0) is 6.18 Å². The van der Waals surface area contributed by atoms with Crippen LogP contribution in [-0.4, -0.2) is 11.7 Å². The standard InChI is InChI=1S/C25H22F3N3/c1-5-9-19(16(3)6-2)20-14-18(25(26,27)28)15-22(24(20)29-4)31-21-12-7-10-17-11-8-13-30-23(17)21/h5-15,31H,2,4H2,1,3H3/b9-5-,19-16+. The first-order chi connectivity index (χ1) is 14.8. The van der Waals surface area contributed by atoms with Crippen molar-refractivity contribution in [3.63, 3.8) is 0 Å². The Labute approximate surface area is 179 Å². The van der Waals surface area contributed by atoms with Crippen LogP contribution < -0.4 is 5.32 Å². The summed E-state index contributed by atoms with van der Waals surface area (Å²) in [7, 11) is 0. The largest absolute Gasteiger partial charge is 0.416 e. The van der Waals surface area contributed by atoms with Gasteiger partial charge in [0.15, 0.2) is 0 Å². The van der Waals surface area contributed by atoms with E-state index in [0.717, 1.165) is 23.1 Å². The number of aromatic nitrogens is 1. The zero-order valence-corrected chi connectivity index (χ0v) is 17.3. The fourth-order valence-electron chi connectivity index (χ4n) is 3.33. The van der Waals surface area contributed by atoms with Crippen LogP contribution in [0.2, 0.25) is 0 Å². The number of allylic oxidation sites excluding steroid dienone is 5. The van der Waals surface area contributed by atoms with Crippen molar-refractivity contribution >= 4 is 40.3 Å². The highest BCUT2D eigenvalue weighted by Crippen LogP contribution is 2.43. The van der Waals surface area contributed by atoms with Crippen molar-refractivity contribution in [2.75, 3.05) is 5.32 Å². The number of hydrogen-bond donors (Lipinski definition) is 1. The van der Waals surface area contributed by atoms with E-state index in [4.69, 9.17) is 0 Å². The minimum absolute atomic E-state index is 0.192. The van der Waals surface area contributed by atoms with Crippen molar-refractivity contribution in [3.8, 4) is 0 Å². The van der Waals surface area contributed by atoms with E-state index in [0.29, 0.717) is 28.0 Å². The van der Waals surface area contributed by atoms with Crippen LogP contribution in [0.1, 0.15) is 25.0 Å². The molecule has 0 fully saturated rings. The van der Waals surface area contributed by atoms with E-state index in [1.165, 1.54) is 0 Å². The summed E-state index contributed by atoms with van der Waals surface area (Å²) in [4.78, 5) is 8.45. The smallest absolute Gasteiger partial charge is 0.352 e. The van der Waals surface area contributed by atoms with Crippen molar-refractivity contribution in [1.82, 2.24) is 4.98 Å². The van der Waals surface area contributed by atoms with Gasteiger partial charge in [0.05, 0.1) is 28.1 Å². The molecule has 0 bridgehead atoms. The zero-order valence-electron chi connectivity index (χ0n) is 17.3. The molecule has 0 aliphatic carbocycles. The van der Waals surface area contributed by atoms with Gasteiger partial charge >= 0.3 is 6.18 Å². The van der Waals surface area contributed by atoms with Gasteiger partial charge in [-0.15, -0.1) is 0 Å².